The molecule has 0 spiro atoms. The van der Waals surface area contributed by atoms with Crippen molar-refractivity contribution in [2.75, 3.05) is 18.5 Å². The number of halogens is 2. The van der Waals surface area contributed by atoms with Crippen LogP contribution < -0.4 is 5.32 Å². The summed E-state index contributed by atoms with van der Waals surface area (Å²) in [6.07, 6.45) is 1.05. The van der Waals surface area contributed by atoms with E-state index in [-0.39, 0.29) is 0 Å². The molecule has 0 radical (unpaired) electrons. The molecule has 1 fully saturated rings. The number of rotatable bonds is 2. The third kappa shape index (κ3) is 2.65. The molecule has 0 aliphatic carbocycles. The largest absolute Gasteiger partial charge is 0.379 e. The van der Waals surface area contributed by atoms with E-state index in [2.05, 4.69) is 21.2 Å². The summed E-state index contributed by atoms with van der Waals surface area (Å²) < 4.78 is 6.36. The van der Waals surface area contributed by atoms with E-state index in [4.69, 9.17) is 16.3 Å². The Morgan fingerprint density at radius 2 is 2.33 bits per heavy atom. The van der Waals surface area contributed by atoms with E-state index in [0.29, 0.717) is 6.04 Å². The topological polar surface area (TPSA) is 21.3 Å². The summed E-state index contributed by atoms with van der Waals surface area (Å²) in [5.41, 5.74) is 2.12. The van der Waals surface area contributed by atoms with E-state index in [1.165, 1.54) is 0 Å². The molecule has 1 aliphatic heterocycles. The van der Waals surface area contributed by atoms with Crippen molar-refractivity contribution in [2.24, 2.45) is 0 Å². The van der Waals surface area contributed by atoms with Crippen LogP contribution in [0.4, 0.5) is 5.69 Å². The van der Waals surface area contributed by atoms with Crippen LogP contribution in [-0.2, 0) is 4.74 Å². The molecule has 1 atom stereocenters. The highest BCUT2D eigenvalue weighted by Gasteiger charge is 2.16. The molecule has 0 bridgehead atoms. The van der Waals surface area contributed by atoms with Crippen molar-refractivity contribution in [1.29, 1.82) is 0 Å². The number of benzene rings is 1. The Bertz CT molecular complexity index is 364. The van der Waals surface area contributed by atoms with Crippen LogP contribution in [0.3, 0.4) is 0 Å². The van der Waals surface area contributed by atoms with Crippen molar-refractivity contribution in [3.8, 4) is 0 Å². The third-order valence-corrected chi connectivity index (χ3v) is 3.60. The monoisotopic (exact) mass is 289 g/mol. The third-order valence-electron chi connectivity index (χ3n) is 2.54. The molecule has 0 saturated carbocycles. The summed E-state index contributed by atoms with van der Waals surface area (Å²) in [4.78, 5) is 0. The molecule has 2 rings (SSSR count). The molecule has 15 heavy (non-hydrogen) atoms. The number of hydrogen-bond donors (Lipinski definition) is 1. The predicted molar refractivity (Wildman–Crippen MR) is 66.7 cm³/mol. The van der Waals surface area contributed by atoms with Gasteiger partial charge in [-0.25, -0.2) is 0 Å². The Morgan fingerprint density at radius 3 is 3.00 bits per heavy atom. The van der Waals surface area contributed by atoms with E-state index in [9.17, 15) is 0 Å². The van der Waals surface area contributed by atoms with Crippen LogP contribution in [0.15, 0.2) is 16.6 Å². The van der Waals surface area contributed by atoms with Crippen molar-refractivity contribution in [3.05, 3.63) is 27.2 Å². The molecule has 0 aromatic heterocycles. The maximum atomic E-state index is 6.08. The molecule has 1 aromatic carbocycles. The molecule has 1 heterocycles. The molecular weight excluding hydrogens is 277 g/mol. The SMILES string of the molecule is Cc1cc(Br)c(NC2CCOC2)cc1Cl. The lowest BCUT2D eigenvalue weighted by Gasteiger charge is -2.14. The average Bonchev–Trinajstić information content (AvgIpc) is 2.67. The fourth-order valence-corrected chi connectivity index (χ4v) is 2.36. The summed E-state index contributed by atoms with van der Waals surface area (Å²) in [7, 11) is 0. The molecule has 1 unspecified atom stereocenters. The quantitative estimate of drug-likeness (QED) is 0.898. The lowest BCUT2D eigenvalue weighted by molar-refractivity contribution is 0.195. The summed E-state index contributed by atoms with van der Waals surface area (Å²) in [6, 6.07) is 4.39. The van der Waals surface area contributed by atoms with Gasteiger partial charge in [0.1, 0.15) is 0 Å². The highest BCUT2D eigenvalue weighted by molar-refractivity contribution is 9.10. The molecule has 0 amide bonds. The fraction of sp³-hybridized carbons (Fsp3) is 0.455. The van der Waals surface area contributed by atoms with Gasteiger partial charge in [0.2, 0.25) is 0 Å². The lowest BCUT2D eigenvalue weighted by atomic mass is 10.2. The molecule has 4 heteroatoms. The number of anilines is 1. The summed E-state index contributed by atoms with van der Waals surface area (Å²) >= 11 is 9.61. The van der Waals surface area contributed by atoms with E-state index < -0.39 is 0 Å². The minimum atomic E-state index is 0.403. The molecule has 2 nitrogen and oxygen atoms in total. The average molecular weight is 291 g/mol. The Balaban J connectivity index is 2.16. The maximum absolute atomic E-state index is 6.08. The second-order valence-electron chi connectivity index (χ2n) is 3.79. The van der Waals surface area contributed by atoms with E-state index in [0.717, 1.165) is 40.4 Å². The maximum Gasteiger partial charge on any atom is 0.0668 e. The molecular formula is C11H13BrClNO. The Labute approximate surface area is 103 Å². The number of ether oxygens (including phenoxy) is 1. The van der Waals surface area contributed by atoms with E-state index in [1.807, 2.05) is 19.1 Å². The van der Waals surface area contributed by atoms with Gasteiger partial charge < -0.3 is 10.1 Å². The summed E-state index contributed by atoms with van der Waals surface area (Å²) in [6.45, 7) is 3.61. The Hall–Kier alpha value is -0.250. The first-order valence-corrected chi connectivity index (χ1v) is 6.14. The standard InChI is InChI=1S/C11H13BrClNO/c1-7-4-9(12)11(5-10(7)13)14-8-2-3-15-6-8/h4-5,8,14H,2-3,6H2,1H3. The zero-order valence-corrected chi connectivity index (χ0v) is 10.9. The van der Waals surface area contributed by atoms with Gasteiger partial charge in [0, 0.05) is 16.1 Å². The zero-order chi connectivity index (χ0) is 10.8. The minimum Gasteiger partial charge on any atom is -0.379 e. The molecule has 1 aromatic rings. The van der Waals surface area contributed by atoms with Gasteiger partial charge in [-0.05, 0) is 47.0 Å². The first kappa shape index (κ1) is 11.2. The first-order valence-electron chi connectivity index (χ1n) is 4.97. The van der Waals surface area contributed by atoms with E-state index >= 15 is 0 Å². The second kappa shape index (κ2) is 4.73. The van der Waals surface area contributed by atoms with Gasteiger partial charge in [-0.2, -0.15) is 0 Å². The van der Waals surface area contributed by atoms with Crippen molar-refractivity contribution >= 4 is 33.2 Å². The van der Waals surface area contributed by atoms with Crippen molar-refractivity contribution in [1.82, 2.24) is 0 Å². The fourth-order valence-electron chi connectivity index (χ4n) is 1.63. The lowest BCUT2D eigenvalue weighted by Crippen LogP contribution is -2.19. The smallest absolute Gasteiger partial charge is 0.0668 e. The molecule has 1 saturated heterocycles. The highest BCUT2D eigenvalue weighted by atomic mass is 79.9. The van der Waals surface area contributed by atoms with Crippen molar-refractivity contribution < 1.29 is 4.74 Å². The predicted octanol–water partition coefficient (Wildman–Crippen LogP) is 3.61. The second-order valence-corrected chi connectivity index (χ2v) is 5.05. The Morgan fingerprint density at radius 1 is 1.53 bits per heavy atom. The van der Waals surface area contributed by atoms with Gasteiger partial charge in [0.25, 0.3) is 0 Å². The summed E-state index contributed by atoms with van der Waals surface area (Å²) in [5, 5.41) is 4.21. The van der Waals surface area contributed by atoms with Gasteiger partial charge in [0.15, 0.2) is 0 Å². The number of hydrogen-bond acceptors (Lipinski definition) is 2. The van der Waals surface area contributed by atoms with E-state index in [1.54, 1.807) is 0 Å². The van der Waals surface area contributed by atoms with Crippen LogP contribution >= 0.6 is 27.5 Å². The Kier molecular flexibility index (Phi) is 3.54. The number of aryl methyl sites for hydroxylation is 1. The van der Waals surface area contributed by atoms with Crippen LogP contribution in [0.2, 0.25) is 5.02 Å². The van der Waals surface area contributed by atoms with Gasteiger partial charge in [-0.1, -0.05) is 11.6 Å². The van der Waals surface area contributed by atoms with Gasteiger partial charge >= 0.3 is 0 Å². The number of nitrogens with one attached hydrogen (secondary N) is 1. The van der Waals surface area contributed by atoms with Gasteiger partial charge in [0.05, 0.1) is 18.3 Å². The van der Waals surface area contributed by atoms with Gasteiger partial charge in [-0.15, -0.1) is 0 Å². The van der Waals surface area contributed by atoms with Crippen LogP contribution in [0.25, 0.3) is 0 Å². The van der Waals surface area contributed by atoms with Crippen LogP contribution in [0, 0.1) is 6.92 Å². The molecule has 1 aliphatic rings. The minimum absolute atomic E-state index is 0.403. The van der Waals surface area contributed by atoms with Crippen molar-refractivity contribution in [2.45, 2.75) is 19.4 Å². The van der Waals surface area contributed by atoms with Crippen LogP contribution in [0.1, 0.15) is 12.0 Å². The highest BCUT2D eigenvalue weighted by Crippen LogP contribution is 2.30. The van der Waals surface area contributed by atoms with Crippen LogP contribution in [-0.4, -0.2) is 19.3 Å². The summed E-state index contributed by atoms with van der Waals surface area (Å²) in [5.74, 6) is 0. The van der Waals surface area contributed by atoms with Gasteiger partial charge in [-0.3, -0.25) is 0 Å². The molecule has 1 N–H and O–H groups in total. The zero-order valence-electron chi connectivity index (χ0n) is 8.52. The van der Waals surface area contributed by atoms with Crippen molar-refractivity contribution in [3.63, 3.8) is 0 Å². The first-order chi connectivity index (χ1) is 7.16. The molecule has 82 valence electrons. The van der Waals surface area contributed by atoms with Crippen LogP contribution in [0.5, 0.6) is 0 Å². The normalized spacial score (nSPS) is 20.6.